The normalized spacial score (nSPS) is 20.1. The van der Waals surface area contributed by atoms with Crippen LogP contribution in [0.25, 0.3) is 16.2 Å². The van der Waals surface area contributed by atoms with E-state index in [4.69, 9.17) is 9.72 Å². The number of ether oxygens (including phenoxy) is 1. The van der Waals surface area contributed by atoms with Gasteiger partial charge in [-0.15, -0.1) is 11.3 Å². The fraction of sp³-hybridized carbons (Fsp3) is 0.542. The fourth-order valence-electron chi connectivity index (χ4n) is 4.43. The predicted octanol–water partition coefficient (Wildman–Crippen LogP) is 5.00. The quantitative estimate of drug-likeness (QED) is 0.560. The zero-order chi connectivity index (χ0) is 23.3. The highest BCUT2D eigenvalue weighted by Gasteiger charge is 2.29. The van der Waals surface area contributed by atoms with Crippen molar-refractivity contribution in [3.63, 3.8) is 0 Å². The van der Waals surface area contributed by atoms with Crippen LogP contribution in [0.2, 0.25) is 0 Å². The van der Waals surface area contributed by atoms with Crippen molar-refractivity contribution in [1.82, 2.24) is 9.38 Å². The number of fused-ring (bicyclic) bond motifs is 1. The molecule has 2 heterocycles. The minimum Gasteiger partial charge on any atom is -0.495 e. The Bertz CT molecular complexity index is 1230. The Morgan fingerprint density at radius 3 is 2.53 bits per heavy atom. The first kappa shape index (κ1) is 23.3. The molecule has 0 atom stereocenters. The lowest BCUT2D eigenvalue weighted by Crippen LogP contribution is -2.24. The number of imidazole rings is 1. The second-order valence-corrected chi connectivity index (χ2v) is 12.9. The number of aromatic nitrogens is 2. The number of aryl methyl sites for hydroxylation is 1. The number of nitrogens with zero attached hydrogens (tertiary/aromatic N) is 2. The first-order valence-electron chi connectivity index (χ1n) is 11.1. The van der Waals surface area contributed by atoms with Crippen LogP contribution in [-0.2, 0) is 15.3 Å². The van der Waals surface area contributed by atoms with Crippen LogP contribution in [0.5, 0.6) is 5.75 Å². The summed E-state index contributed by atoms with van der Waals surface area (Å²) in [5.74, 6) is 0.502. The molecule has 4 rings (SSSR count). The van der Waals surface area contributed by atoms with Gasteiger partial charge in [-0.3, -0.25) is 4.40 Å². The van der Waals surface area contributed by atoms with Gasteiger partial charge in [0.05, 0.1) is 30.4 Å². The number of benzene rings is 1. The molecule has 0 bridgehead atoms. The summed E-state index contributed by atoms with van der Waals surface area (Å²) in [7, 11) is -2.05. The van der Waals surface area contributed by atoms with Gasteiger partial charge in [0, 0.05) is 16.6 Å². The van der Waals surface area contributed by atoms with Gasteiger partial charge in [0.25, 0.3) is 0 Å². The maximum Gasteiger partial charge on any atom is 0.194 e. The summed E-state index contributed by atoms with van der Waals surface area (Å²) in [6, 6.07) is 5.37. The monoisotopic (exact) mass is 476 g/mol. The molecule has 0 radical (unpaired) electrons. The minimum atomic E-state index is -3.55. The summed E-state index contributed by atoms with van der Waals surface area (Å²) >= 11 is 1.66. The highest BCUT2D eigenvalue weighted by atomic mass is 32.2. The molecule has 0 spiro atoms. The largest absolute Gasteiger partial charge is 0.495 e. The molecule has 0 amide bonds. The molecular formula is C24H32N2O4S2. The van der Waals surface area contributed by atoms with Crippen LogP contribution in [0.4, 0.5) is 0 Å². The minimum absolute atomic E-state index is 0.0124. The molecule has 3 aromatic rings. The number of thiazole rings is 1. The molecule has 32 heavy (non-hydrogen) atoms. The number of aliphatic hydroxyl groups excluding tert-OH is 1. The van der Waals surface area contributed by atoms with E-state index in [1.807, 2.05) is 13.0 Å². The summed E-state index contributed by atoms with van der Waals surface area (Å²) < 4.78 is 34.3. The van der Waals surface area contributed by atoms with E-state index in [0.717, 1.165) is 34.8 Å². The molecule has 0 aliphatic heterocycles. The molecule has 1 aliphatic rings. The van der Waals surface area contributed by atoms with Gasteiger partial charge in [0.2, 0.25) is 0 Å². The predicted molar refractivity (Wildman–Crippen MR) is 129 cm³/mol. The van der Waals surface area contributed by atoms with Crippen molar-refractivity contribution in [1.29, 1.82) is 0 Å². The van der Waals surface area contributed by atoms with Crippen LogP contribution in [0, 0.1) is 12.8 Å². The van der Waals surface area contributed by atoms with Crippen molar-refractivity contribution < 1.29 is 18.3 Å². The van der Waals surface area contributed by atoms with Crippen LogP contribution in [0.1, 0.15) is 57.0 Å². The first-order valence-corrected chi connectivity index (χ1v) is 13.5. The van der Waals surface area contributed by atoms with Crippen molar-refractivity contribution in [2.24, 2.45) is 5.92 Å². The van der Waals surface area contributed by atoms with Crippen molar-refractivity contribution in [3.8, 4) is 17.0 Å². The van der Waals surface area contributed by atoms with Gasteiger partial charge >= 0.3 is 0 Å². The lowest BCUT2D eigenvalue weighted by Gasteiger charge is -2.25. The number of rotatable bonds is 5. The van der Waals surface area contributed by atoms with E-state index >= 15 is 0 Å². The average molecular weight is 477 g/mol. The molecule has 0 unspecified atom stereocenters. The smallest absolute Gasteiger partial charge is 0.194 e. The SMILES string of the molecule is COc1ccc(-c2c(C)nc3sc(C(C)(C)C)cn23)cc1S(=O)(=O)CC1CCC(O)CC1. The number of methoxy groups -OCH3 is 1. The highest BCUT2D eigenvalue weighted by Crippen LogP contribution is 2.37. The Morgan fingerprint density at radius 1 is 1.22 bits per heavy atom. The summed E-state index contributed by atoms with van der Waals surface area (Å²) in [5, 5.41) is 9.75. The molecule has 8 heteroatoms. The van der Waals surface area contributed by atoms with Crippen molar-refractivity contribution >= 4 is 26.1 Å². The molecular weight excluding hydrogens is 444 g/mol. The van der Waals surface area contributed by atoms with Gasteiger partial charge in [-0.05, 0) is 62.1 Å². The molecule has 6 nitrogen and oxygen atoms in total. The lowest BCUT2D eigenvalue weighted by molar-refractivity contribution is 0.113. The first-order chi connectivity index (χ1) is 15.0. The van der Waals surface area contributed by atoms with Gasteiger partial charge in [-0.1, -0.05) is 20.8 Å². The Labute approximate surface area is 194 Å². The van der Waals surface area contributed by atoms with Crippen LogP contribution < -0.4 is 4.74 Å². The second-order valence-electron chi connectivity index (χ2n) is 9.87. The number of sulfone groups is 1. The van der Waals surface area contributed by atoms with E-state index in [1.54, 1.807) is 23.5 Å². The Hall–Kier alpha value is -1.90. The van der Waals surface area contributed by atoms with Crippen LogP contribution >= 0.6 is 11.3 Å². The molecule has 2 aromatic heterocycles. The number of hydrogen-bond donors (Lipinski definition) is 1. The van der Waals surface area contributed by atoms with Crippen LogP contribution in [0.15, 0.2) is 29.3 Å². The van der Waals surface area contributed by atoms with E-state index in [1.165, 1.54) is 12.0 Å². The molecule has 0 saturated heterocycles. The van der Waals surface area contributed by atoms with Crippen molar-refractivity contribution in [3.05, 3.63) is 35.0 Å². The average Bonchev–Trinajstić information content (AvgIpc) is 3.26. The summed E-state index contributed by atoms with van der Waals surface area (Å²) in [6.07, 6.45) is 4.60. The van der Waals surface area contributed by atoms with Crippen LogP contribution in [-0.4, -0.2) is 41.9 Å². The van der Waals surface area contributed by atoms with Gasteiger partial charge < -0.3 is 9.84 Å². The zero-order valence-corrected chi connectivity index (χ0v) is 21.0. The van der Waals surface area contributed by atoms with Crippen LogP contribution in [0.3, 0.4) is 0 Å². The van der Waals surface area contributed by atoms with E-state index in [9.17, 15) is 13.5 Å². The van der Waals surface area contributed by atoms with E-state index in [0.29, 0.717) is 18.6 Å². The maximum atomic E-state index is 13.4. The second kappa shape index (κ2) is 8.47. The van der Waals surface area contributed by atoms with Crippen molar-refractivity contribution in [2.45, 2.75) is 69.8 Å². The third-order valence-corrected chi connectivity index (χ3v) is 9.59. The fourth-order valence-corrected chi connectivity index (χ4v) is 7.41. The summed E-state index contributed by atoms with van der Waals surface area (Å²) in [5.41, 5.74) is 2.60. The maximum absolute atomic E-state index is 13.4. The van der Waals surface area contributed by atoms with Gasteiger partial charge in [0.1, 0.15) is 10.6 Å². The Morgan fingerprint density at radius 2 is 1.91 bits per heavy atom. The third kappa shape index (κ3) is 4.45. The summed E-state index contributed by atoms with van der Waals surface area (Å²) in [6.45, 7) is 8.48. The Balaban J connectivity index is 1.75. The Kier molecular flexibility index (Phi) is 6.15. The van der Waals surface area contributed by atoms with Gasteiger partial charge in [-0.25, -0.2) is 13.4 Å². The topological polar surface area (TPSA) is 80.9 Å². The molecule has 1 fully saturated rings. The molecule has 1 N–H and O–H groups in total. The standard InChI is InChI=1S/C24H32N2O4S2/c1-15-22(26-13-21(24(2,3)4)31-23(26)25-15)17-8-11-19(30-5)20(12-17)32(28,29)14-16-6-9-18(27)10-7-16/h8,11-13,16,18,27H,6-7,9-10,14H2,1-5H3. The summed E-state index contributed by atoms with van der Waals surface area (Å²) in [4.78, 5) is 7.09. The molecule has 1 aromatic carbocycles. The highest BCUT2D eigenvalue weighted by molar-refractivity contribution is 7.91. The zero-order valence-electron chi connectivity index (χ0n) is 19.4. The molecule has 1 saturated carbocycles. The number of aliphatic hydroxyl groups is 1. The van der Waals surface area contributed by atoms with Gasteiger partial charge in [0.15, 0.2) is 14.8 Å². The lowest BCUT2D eigenvalue weighted by atomic mass is 9.89. The van der Waals surface area contributed by atoms with E-state index < -0.39 is 9.84 Å². The van der Waals surface area contributed by atoms with E-state index in [2.05, 4.69) is 31.4 Å². The number of hydrogen-bond acceptors (Lipinski definition) is 6. The van der Waals surface area contributed by atoms with Gasteiger partial charge in [-0.2, -0.15) is 0 Å². The van der Waals surface area contributed by atoms with E-state index in [-0.39, 0.29) is 28.1 Å². The third-order valence-electron chi connectivity index (χ3n) is 6.28. The molecule has 1 aliphatic carbocycles. The molecule has 174 valence electrons. The van der Waals surface area contributed by atoms with Crippen molar-refractivity contribution in [2.75, 3.05) is 12.9 Å².